The summed E-state index contributed by atoms with van der Waals surface area (Å²) in [6, 6.07) is 7.26. The number of anilines is 1. The molecule has 0 bridgehead atoms. The van der Waals surface area contributed by atoms with E-state index < -0.39 is 6.10 Å². The molecular formula is C15H22N2O4. The van der Waals surface area contributed by atoms with Gasteiger partial charge in [0.05, 0.1) is 12.7 Å². The van der Waals surface area contributed by atoms with Crippen LogP contribution in [0.25, 0.3) is 0 Å². The first-order chi connectivity index (χ1) is 10.2. The molecule has 1 amide bonds. The van der Waals surface area contributed by atoms with Gasteiger partial charge in [0.1, 0.15) is 18.5 Å². The molecule has 2 unspecified atom stereocenters. The van der Waals surface area contributed by atoms with Gasteiger partial charge in [0, 0.05) is 25.4 Å². The summed E-state index contributed by atoms with van der Waals surface area (Å²) in [6.07, 6.45) is 1.10. The molecule has 0 saturated carbocycles. The van der Waals surface area contributed by atoms with Crippen molar-refractivity contribution in [3.8, 4) is 5.75 Å². The maximum atomic E-state index is 12.1. The zero-order valence-corrected chi connectivity index (χ0v) is 12.2. The van der Waals surface area contributed by atoms with E-state index in [1.165, 1.54) is 0 Å². The lowest BCUT2D eigenvalue weighted by Gasteiger charge is -2.13. The lowest BCUT2D eigenvalue weighted by Crippen LogP contribution is -2.29. The van der Waals surface area contributed by atoms with Gasteiger partial charge < -0.3 is 25.3 Å². The summed E-state index contributed by atoms with van der Waals surface area (Å²) in [4.78, 5) is 12.1. The molecule has 116 valence electrons. The molecule has 2 atom stereocenters. The number of nitrogens with two attached hydrogens (primary N) is 1. The van der Waals surface area contributed by atoms with Gasteiger partial charge in [0.2, 0.25) is 0 Å². The Morgan fingerprint density at radius 2 is 2.29 bits per heavy atom. The number of hydrogen-bond donors (Lipinski definition) is 2. The van der Waals surface area contributed by atoms with Crippen molar-refractivity contribution in [3.05, 3.63) is 24.3 Å². The van der Waals surface area contributed by atoms with Crippen LogP contribution in [0.5, 0.6) is 5.75 Å². The van der Waals surface area contributed by atoms with Crippen LogP contribution >= 0.6 is 0 Å². The molecular weight excluding hydrogens is 272 g/mol. The highest BCUT2D eigenvalue weighted by Crippen LogP contribution is 2.22. The van der Waals surface area contributed by atoms with Gasteiger partial charge in [0.25, 0.3) is 5.91 Å². The van der Waals surface area contributed by atoms with Crippen molar-refractivity contribution in [1.82, 2.24) is 0 Å². The number of methoxy groups -OCH3 is 1. The van der Waals surface area contributed by atoms with E-state index in [2.05, 4.69) is 5.32 Å². The maximum absolute atomic E-state index is 12.1. The number of carbonyl (C=O) groups excluding carboxylic acids is 1. The molecule has 1 fully saturated rings. The number of hydrogen-bond acceptors (Lipinski definition) is 5. The minimum Gasteiger partial charge on any atom is -0.491 e. The first-order valence-corrected chi connectivity index (χ1v) is 7.11. The second-order valence-electron chi connectivity index (χ2n) is 4.92. The third-order valence-electron chi connectivity index (χ3n) is 3.32. The van der Waals surface area contributed by atoms with E-state index in [-0.39, 0.29) is 12.0 Å². The highest BCUT2D eigenvalue weighted by Gasteiger charge is 2.29. The van der Waals surface area contributed by atoms with E-state index in [1.54, 1.807) is 13.2 Å². The van der Waals surface area contributed by atoms with Crippen LogP contribution in [-0.2, 0) is 14.3 Å². The molecule has 2 rings (SSSR count). The van der Waals surface area contributed by atoms with Crippen LogP contribution in [0, 0.1) is 0 Å². The molecule has 0 radical (unpaired) electrons. The first-order valence-electron chi connectivity index (χ1n) is 7.11. The minimum atomic E-state index is -0.420. The zero-order chi connectivity index (χ0) is 15.1. The summed E-state index contributed by atoms with van der Waals surface area (Å²) in [6.45, 7) is 1.44. The standard InChI is InChI=1S/C15H22N2O4/c1-19-7-8-20-12-4-2-3-11(9-12)17-15(18)14-6-5-13(10-16)21-14/h2-4,9,13-14H,5-8,10,16H2,1H3,(H,17,18). The van der Waals surface area contributed by atoms with E-state index in [1.807, 2.05) is 18.2 Å². The lowest BCUT2D eigenvalue weighted by atomic mass is 10.2. The van der Waals surface area contributed by atoms with Gasteiger partial charge in [-0.05, 0) is 25.0 Å². The number of rotatable bonds is 7. The second kappa shape index (κ2) is 7.97. The molecule has 1 aromatic rings. The predicted octanol–water partition coefficient (Wildman–Crippen LogP) is 1.16. The average Bonchev–Trinajstić information content (AvgIpc) is 2.97. The first kappa shape index (κ1) is 15.8. The molecule has 0 aliphatic carbocycles. The Kier molecular flexibility index (Phi) is 5.98. The highest BCUT2D eigenvalue weighted by molar-refractivity contribution is 5.94. The van der Waals surface area contributed by atoms with Gasteiger partial charge >= 0.3 is 0 Å². The van der Waals surface area contributed by atoms with E-state index in [4.69, 9.17) is 19.9 Å². The summed E-state index contributed by atoms with van der Waals surface area (Å²) >= 11 is 0. The van der Waals surface area contributed by atoms with Crippen molar-refractivity contribution < 1.29 is 19.0 Å². The Morgan fingerprint density at radius 3 is 3.00 bits per heavy atom. The van der Waals surface area contributed by atoms with Crippen LogP contribution in [0.15, 0.2) is 24.3 Å². The second-order valence-corrected chi connectivity index (χ2v) is 4.92. The van der Waals surface area contributed by atoms with Crippen LogP contribution in [0.2, 0.25) is 0 Å². The van der Waals surface area contributed by atoms with E-state index in [9.17, 15) is 4.79 Å². The van der Waals surface area contributed by atoms with Crippen molar-refractivity contribution in [3.63, 3.8) is 0 Å². The van der Waals surface area contributed by atoms with E-state index in [0.29, 0.717) is 37.6 Å². The van der Waals surface area contributed by atoms with Crippen molar-refractivity contribution in [2.45, 2.75) is 25.0 Å². The molecule has 0 spiro atoms. The highest BCUT2D eigenvalue weighted by atomic mass is 16.5. The fourth-order valence-corrected chi connectivity index (χ4v) is 2.20. The smallest absolute Gasteiger partial charge is 0.253 e. The molecule has 3 N–H and O–H groups in total. The van der Waals surface area contributed by atoms with Gasteiger partial charge in [-0.3, -0.25) is 4.79 Å². The summed E-state index contributed by atoms with van der Waals surface area (Å²) in [7, 11) is 1.62. The average molecular weight is 294 g/mol. The predicted molar refractivity (Wildman–Crippen MR) is 79.4 cm³/mol. The fourth-order valence-electron chi connectivity index (χ4n) is 2.20. The normalized spacial score (nSPS) is 21.2. The number of ether oxygens (including phenoxy) is 3. The Bertz CT molecular complexity index is 467. The van der Waals surface area contributed by atoms with Crippen molar-refractivity contribution in [2.24, 2.45) is 5.73 Å². The van der Waals surface area contributed by atoms with Gasteiger partial charge in [-0.25, -0.2) is 0 Å². The zero-order valence-electron chi connectivity index (χ0n) is 12.2. The van der Waals surface area contributed by atoms with Gasteiger partial charge in [-0.2, -0.15) is 0 Å². The summed E-state index contributed by atoms with van der Waals surface area (Å²) in [5.41, 5.74) is 6.23. The fraction of sp³-hybridized carbons (Fsp3) is 0.533. The van der Waals surface area contributed by atoms with Crippen LogP contribution < -0.4 is 15.8 Å². The van der Waals surface area contributed by atoms with E-state index in [0.717, 1.165) is 6.42 Å². The number of carbonyl (C=O) groups is 1. The molecule has 1 aliphatic heterocycles. The number of nitrogens with one attached hydrogen (secondary N) is 1. The van der Waals surface area contributed by atoms with Crippen LogP contribution in [0.4, 0.5) is 5.69 Å². The molecule has 1 heterocycles. The molecule has 1 aromatic carbocycles. The largest absolute Gasteiger partial charge is 0.491 e. The lowest BCUT2D eigenvalue weighted by molar-refractivity contribution is -0.126. The van der Waals surface area contributed by atoms with Gasteiger partial charge in [-0.15, -0.1) is 0 Å². The Hall–Kier alpha value is -1.63. The Morgan fingerprint density at radius 1 is 1.43 bits per heavy atom. The van der Waals surface area contributed by atoms with Crippen LogP contribution in [-0.4, -0.2) is 45.0 Å². The minimum absolute atomic E-state index is 0.00976. The Balaban J connectivity index is 1.87. The van der Waals surface area contributed by atoms with Crippen LogP contribution in [0.1, 0.15) is 12.8 Å². The molecule has 0 aromatic heterocycles. The third-order valence-corrected chi connectivity index (χ3v) is 3.32. The number of amides is 1. The van der Waals surface area contributed by atoms with Crippen LogP contribution in [0.3, 0.4) is 0 Å². The summed E-state index contributed by atoms with van der Waals surface area (Å²) in [5, 5.41) is 2.84. The molecule has 6 heteroatoms. The number of benzene rings is 1. The third kappa shape index (κ3) is 4.70. The maximum Gasteiger partial charge on any atom is 0.253 e. The topological polar surface area (TPSA) is 82.8 Å². The molecule has 1 aliphatic rings. The summed E-state index contributed by atoms with van der Waals surface area (Å²) in [5.74, 6) is 0.553. The van der Waals surface area contributed by atoms with E-state index >= 15 is 0 Å². The molecule has 1 saturated heterocycles. The SMILES string of the molecule is COCCOc1cccc(NC(=O)C2CCC(CN)O2)c1. The van der Waals surface area contributed by atoms with Gasteiger partial charge in [-0.1, -0.05) is 6.07 Å². The molecule has 6 nitrogen and oxygen atoms in total. The summed E-state index contributed by atoms with van der Waals surface area (Å²) < 4.78 is 16.0. The van der Waals surface area contributed by atoms with Gasteiger partial charge in [0.15, 0.2) is 0 Å². The van der Waals surface area contributed by atoms with Crippen molar-refractivity contribution >= 4 is 11.6 Å². The Labute approximate surface area is 124 Å². The quantitative estimate of drug-likeness (QED) is 0.737. The van der Waals surface area contributed by atoms with Crippen molar-refractivity contribution in [1.29, 1.82) is 0 Å². The monoisotopic (exact) mass is 294 g/mol. The van der Waals surface area contributed by atoms with Crippen molar-refractivity contribution in [2.75, 3.05) is 32.2 Å². The molecule has 21 heavy (non-hydrogen) atoms.